The number of carbonyl (C=O) groups excluding carboxylic acids is 3. The first-order valence-corrected chi connectivity index (χ1v) is 7.45. The third-order valence-electron chi connectivity index (χ3n) is 3.60. The third kappa shape index (κ3) is 3.07. The topological polar surface area (TPSA) is 110 Å². The molecule has 1 N–H and O–H groups in total. The van der Waals surface area contributed by atoms with Crippen LogP contribution in [0, 0.1) is 10.1 Å². The van der Waals surface area contributed by atoms with Crippen molar-refractivity contribution >= 4 is 40.7 Å². The first-order chi connectivity index (χ1) is 11.9. The average molecular weight is 360 g/mol. The number of nitro benzene ring substituents is 1. The highest BCUT2D eigenvalue weighted by atomic mass is 35.5. The summed E-state index contributed by atoms with van der Waals surface area (Å²) in [6, 6.07) is 10.0. The van der Waals surface area contributed by atoms with Crippen LogP contribution in [0.25, 0.3) is 0 Å². The lowest BCUT2D eigenvalue weighted by molar-refractivity contribution is -0.385. The normalized spacial score (nSPS) is 12.9. The molecule has 0 radical (unpaired) electrons. The van der Waals surface area contributed by atoms with Crippen LogP contribution < -0.4 is 5.32 Å². The SMILES string of the molecule is O=C(CN1C(=O)c2cccc([N+](=O)[O-])c2C1=O)Nc1ccc(Cl)cc1. The van der Waals surface area contributed by atoms with Gasteiger partial charge in [0.2, 0.25) is 5.91 Å². The maximum absolute atomic E-state index is 12.4. The highest BCUT2D eigenvalue weighted by Crippen LogP contribution is 2.30. The van der Waals surface area contributed by atoms with Gasteiger partial charge in [0.25, 0.3) is 17.5 Å². The number of nitrogens with one attached hydrogen (secondary N) is 1. The van der Waals surface area contributed by atoms with Gasteiger partial charge in [-0.25, -0.2) is 0 Å². The first-order valence-electron chi connectivity index (χ1n) is 7.07. The van der Waals surface area contributed by atoms with Crippen molar-refractivity contribution in [2.24, 2.45) is 0 Å². The second-order valence-electron chi connectivity index (χ2n) is 5.21. The lowest BCUT2D eigenvalue weighted by Gasteiger charge is -2.13. The predicted molar refractivity (Wildman–Crippen MR) is 88.5 cm³/mol. The van der Waals surface area contributed by atoms with E-state index in [2.05, 4.69) is 5.32 Å². The molecule has 0 atom stereocenters. The van der Waals surface area contributed by atoms with Gasteiger partial charge in [-0.15, -0.1) is 0 Å². The molecule has 3 amide bonds. The largest absolute Gasteiger partial charge is 0.325 e. The summed E-state index contributed by atoms with van der Waals surface area (Å²) in [5.41, 5.74) is -0.399. The number of hydrogen-bond donors (Lipinski definition) is 1. The second-order valence-corrected chi connectivity index (χ2v) is 5.64. The van der Waals surface area contributed by atoms with Gasteiger partial charge in [0.15, 0.2) is 0 Å². The molecule has 0 spiro atoms. The number of hydrogen-bond acceptors (Lipinski definition) is 5. The van der Waals surface area contributed by atoms with E-state index < -0.39 is 34.9 Å². The van der Waals surface area contributed by atoms with Crippen LogP contribution in [0.4, 0.5) is 11.4 Å². The molecule has 2 aromatic carbocycles. The van der Waals surface area contributed by atoms with Crippen molar-refractivity contribution in [1.29, 1.82) is 0 Å². The minimum absolute atomic E-state index is 0.0847. The zero-order valence-electron chi connectivity index (χ0n) is 12.6. The number of benzene rings is 2. The van der Waals surface area contributed by atoms with Gasteiger partial charge in [0.1, 0.15) is 12.1 Å². The van der Waals surface area contributed by atoms with Gasteiger partial charge < -0.3 is 5.32 Å². The predicted octanol–water partition coefficient (Wildman–Crippen LogP) is 2.48. The Bertz CT molecular complexity index is 910. The van der Waals surface area contributed by atoms with Gasteiger partial charge in [0.05, 0.1) is 10.5 Å². The summed E-state index contributed by atoms with van der Waals surface area (Å²) in [7, 11) is 0. The number of fused-ring (bicyclic) bond motifs is 1. The van der Waals surface area contributed by atoms with Crippen LogP contribution >= 0.6 is 11.6 Å². The highest BCUT2D eigenvalue weighted by molar-refractivity contribution is 6.30. The monoisotopic (exact) mass is 359 g/mol. The van der Waals surface area contributed by atoms with Gasteiger partial charge in [-0.2, -0.15) is 0 Å². The Hall–Kier alpha value is -3.26. The molecule has 126 valence electrons. The third-order valence-corrected chi connectivity index (χ3v) is 3.86. The zero-order chi connectivity index (χ0) is 18.1. The average Bonchev–Trinajstić information content (AvgIpc) is 2.82. The molecule has 0 saturated heterocycles. The number of imide groups is 1. The molecule has 0 aliphatic carbocycles. The number of nitrogens with zero attached hydrogens (tertiary/aromatic N) is 2. The minimum Gasteiger partial charge on any atom is -0.325 e. The molecule has 2 aromatic rings. The van der Waals surface area contributed by atoms with Gasteiger partial charge >= 0.3 is 0 Å². The standard InChI is InChI=1S/C16H10ClN3O5/c17-9-4-6-10(7-5-9)18-13(21)8-19-15(22)11-2-1-3-12(20(24)25)14(11)16(19)23/h1-7H,8H2,(H,18,21). The molecule has 0 saturated carbocycles. The van der Waals surface area contributed by atoms with E-state index >= 15 is 0 Å². The van der Waals surface area contributed by atoms with E-state index in [0.29, 0.717) is 15.6 Å². The summed E-state index contributed by atoms with van der Waals surface area (Å²) in [6.07, 6.45) is 0. The number of halogens is 1. The van der Waals surface area contributed by atoms with Crippen LogP contribution in [-0.4, -0.2) is 34.1 Å². The molecule has 8 nitrogen and oxygen atoms in total. The molecule has 1 heterocycles. The van der Waals surface area contributed by atoms with Gasteiger partial charge in [-0.3, -0.25) is 29.4 Å². The van der Waals surface area contributed by atoms with Gasteiger partial charge in [-0.1, -0.05) is 17.7 Å². The van der Waals surface area contributed by atoms with E-state index in [-0.39, 0.29) is 11.1 Å². The number of anilines is 1. The summed E-state index contributed by atoms with van der Waals surface area (Å²) in [6.45, 7) is -0.549. The quantitative estimate of drug-likeness (QED) is 0.512. The van der Waals surface area contributed by atoms with Crippen LogP contribution in [-0.2, 0) is 4.79 Å². The highest BCUT2D eigenvalue weighted by Gasteiger charge is 2.41. The zero-order valence-corrected chi connectivity index (χ0v) is 13.3. The minimum atomic E-state index is -0.862. The van der Waals surface area contributed by atoms with Crippen molar-refractivity contribution < 1.29 is 19.3 Å². The lowest BCUT2D eigenvalue weighted by atomic mass is 10.1. The Morgan fingerprint density at radius 2 is 1.80 bits per heavy atom. The summed E-state index contributed by atoms with van der Waals surface area (Å²) >= 11 is 5.75. The van der Waals surface area contributed by atoms with E-state index in [1.165, 1.54) is 12.1 Å². The maximum Gasteiger partial charge on any atom is 0.282 e. The van der Waals surface area contributed by atoms with Crippen molar-refractivity contribution in [3.05, 3.63) is 68.7 Å². The van der Waals surface area contributed by atoms with Crippen LogP contribution in [0.2, 0.25) is 5.02 Å². The molecule has 0 aromatic heterocycles. The fourth-order valence-corrected chi connectivity index (χ4v) is 2.61. The second kappa shape index (κ2) is 6.33. The van der Waals surface area contributed by atoms with Gasteiger partial charge in [0, 0.05) is 16.8 Å². The summed E-state index contributed by atoms with van der Waals surface area (Å²) in [4.78, 5) is 47.8. The lowest BCUT2D eigenvalue weighted by Crippen LogP contribution is -2.37. The number of amides is 3. The number of carbonyl (C=O) groups is 3. The van der Waals surface area contributed by atoms with E-state index in [1.807, 2.05) is 0 Å². The molecule has 3 rings (SSSR count). The van der Waals surface area contributed by atoms with Crippen molar-refractivity contribution in [1.82, 2.24) is 4.90 Å². The molecule has 9 heteroatoms. The van der Waals surface area contributed by atoms with E-state index in [4.69, 9.17) is 11.6 Å². The van der Waals surface area contributed by atoms with E-state index in [0.717, 1.165) is 6.07 Å². The van der Waals surface area contributed by atoms with Crippen LogP contribution in [0.15, 0.2) is 42.5 Å². The number of nitro groups is 1. The molecule has 25 heavy (non-hydrogen) atoms. The van der Waals surface area contributed by atoms with Crippen LogP contribution in [0.1, 0.15) is 20.7 Å². The van der Waals surface area contributed by atoms with Gasteiger partial charge in [-0.05, 0) is 30.3 Å². The first kappa shape index (κ1) is 16.6. The van der Waals surface area contributed by atoms with Crippen molar-refractivity contribution in [2.45, 2.75) is 0 Å². The Labute approximate surface area is 146 Å². The maximum atomic E-state index is 12.4. The molecule has 0 bridgehead atoms. The Morgan fingerprint density at radius 3 is 2.44 bits per heavy atom. The van der Waals surface area contributed by atoms with E-state index in [1.54, 1.807) is 24.3 Å². The summed E-state index contributed by atoms with van der Waals surface area (Å²) in [5.74, 6) is -2.21. The van der Waals surface area contributed by atoms with Crippen molar-refractivity contribution in [3.63, 3.8) is 0 Å². The van der Waals surface area contributed by atoms with E-state index in [9.17, 15) is 24.5 Å². The van der Waals surface area contributed by atoms with Crippen molar-refractivity contribution in [3.8, 4) is 0 Å². The fourth-order valence-electron chi connectivity index (χ4n) is 2.49. The molecule has 1 aliphatic heterocycles. The molecular formula is C16H10ClN3O5. The van der Waals surface area contributed by atoms with Crippen LogP contribution in [0.3, 0.4) is 0 Å². The summed E-state index contributed by atoms with van der Waals surface area (Å²) < 4.78 is 0. The Balaban J connectivity index is 1.80. The Kier molecular flexibility index (Phi) is 4.20. The fraction of sp³-hybridized carbons (Fsp3) is 0.0625. The van der Waals surface area contributed by atoms with Crippen molar-refractivity contribution in [2.75, 3.05) is 11.9 Å². The molecular weight excluding hydrogens is 350 g/mol. The summed E-state index contributed by atoms with van der Waals surface area (Å²) in [5, 5.41) is 14.1. The Morgan fingerprint density at radius 1 is 1.12 bits per heavy atom. The van der Waals surface area contributed by atoms with Crippen LogP contribution in [0.5, 0.6) is 0 Å². The molecule has 0 unspecified atom stereocenters. The molecule has 0 fully saturated rings. The smallest absolute Gasteiger partial charge is 0.282 e. The number of rotatable bonds is 4. The molecule has 1 aliphatic rings.